The van der Waals surface area contributed by atoms with E-state index in [2.05, 4.69) is 60.8 Å². The van der Waals surface area contributed by atoms with E-state index in [0.29, 0.717) is 39.3 Å². The van der Waals surface area contributed by atoms with Crippen LogP contribution in [0.15, 0.2) is 48.5 Å². The molecule has 1 aliphatic rings. The van der Waals surface area contributed by atoms with Crippen LogP contribution in [0, 0.1) is 0 Å². The Hall–Kier alpha value is -2.48. The van der Waals surface area contributed by atoms with Crippen molar-refractivity contribution >= 4 is 28.9 Å². The molecule has 1 heterocycles. The minimum absolute atomic E-state index is 0.0508. The van der Waals surface area contributed by atoms with Gasteiger partial charge in [0.1, 0.15) is 6.10 Å². The number of morpholine rings is 1. The van der Waals surface area contributed by atoms with Gasteiger partial charge in [0.25, 0.3) is 5.91 Å². The minimum atomic E-state index is -0.466. The lowest BCUT2D eigenvalue weighted by Gasteiger charge is -2.30. The highest BCUT2D eigenvalue weighted by molar-refractivity contribution is 7.80. The molecule has 1 unspecified atom stereocenters. The van der Waals surface area contributed by atoms with Gasteiger partial charge in [-0.2, -0.15) is 0 Å². The first-order valence-corrected chi connectivity index (χ1v) is 13.6. The van der Waals surface area contributed by atoms with Gasteiger partial charge in [-0.25, -0.2) is 0 Å². The van der Waals surface area contributed by atoms with Gasteiger partial charge in [0.15, 0.2) is 5.11 Å². The van der Waals surface area contributed by atoms with Crippen molar-refractivity contribution in [1.82, 2.24) is 10.2 Å². The Labute approximate surface area is 222 Å². The lowest BCUT2D eigenvalue weighted by molar-refractivity contribution is -0.147. The minimum Gasteiger partial charge on any atom is -0.378 e. The molecule has 0 radical (unpaired) electrons. The number of hydrogen-bond donors (Lipinski definition) is 1. The van der Waals surface area contributed by atoms with Gasteiger partial charge in [-0.05, 0) is 54.4 Å². The van der Waals surface area contributed by atoms with Crippen LogP contribution >= 0.6 is 12.2 Å². The highest BCUT2D eigenvalue weighted by atomic mass is 32.1. The summed E-state index contributed by atoms with van der Waals surface area (Å²) in [5.41, 5.74) is 4.39. The first kappa shape index (κ1) is 28.1. The SMILES string of the molecule is CCCCCCNC(=S)N(C)c1cccc(-c2ccc(CC(OCC)C(=O)N3CCOCC3)cc2)c1. The highest BCUT2D eigenvalue weighted by Gasteiger charge is 2.26. The second kappa shape index (κ2) is 14.9. The van der Waals surface area contributed by atoms with E-state index in [0.717, 1.165) is 40.5 Å². The summed E-state index contributed by atoms with van der Waals surface area (Å²) >= 11 is 5.61. The molecule has 1 N–H and O–H groups in total. The summed E-state index contributed by atoms with van der Waals surface area (Å²) in [7, 11) is 2.00. The van der Waals surface area contributed by atoms with Crippen molar-refractivity contribution in [2.75, 3.05) is 51.4 Å². The standard InChI is InChI=1S/C29H41N3O3S/c1-4-6-7-8-16-30-29(36)31(3)26-11-9-10-25(22-26)24-14-12-23(13-15-24)21-27(35-5-2)28(33)32-17-19-34-20-18-32/h9-15,22,27H,4-8,16-21H2,1-3H3,(H,30,36). The molecule has 1 amide bonds. The van der Waals surface area contributed by atoms with Crippen LogP contribution in [0.4, 0.5) is 5.69 Å². The van der Waals surface area contributed by atoms with Crippen LogP contribution in [-0.4, -0.2) is 68.5 Å². The summed E-state index contributed by atoms with van der Waals surface area (Å²) < 4.78 is 11.2. The monoisotopic (exact) mass is 511 g/mol. The van der Waals surface area contributed by atoms with Crippen molar-refractivity contribution in [3.63, 3.8) is 0 Å². The Morgan fingerprint density at radius 3 is 2.53 bits per heavy atom. The number of ether oxygens (including phenoxy) is 2. The van der Waals surface area contributed by atoms with E-state index in [-0.39, 0.29) is 5.91 Å². The Kier molecular flexibility index (Phi) is 11.7. The van der Waals surface area contributed by atoms with Crippen molar-refractivity contribution in [2.45, 2.75) is 52.1 Å². The van der Waals surface area contributed by atoms with Crippen LogP contribution in [0.3, 0.4) is 0 Å². The van der Waals surface area contributed by atoms with E-state index < -0.39 is 6.10 Å². The summed E-state index contributed by atoms with van der Waals surface area (Å²) in [6.45, 7) is 8.00. The zero-order valence-corrected chi connectivity index (χ0v) is 22.8. The number of carbonyl (C=O) groups is 1. The molecular weight excluding hydrogens is 470 g/mol. The maximum absolute atomic E-state index is 13.0. The number of unbranched alkanes of at least 4 members (excludes halogenated alkanes) is 3. The van der Waals surface area contributed by atoms with Crippen LogP contribution < -0.4 is 10.2 Å². The number of amides is 1. The maximum Gasteiger partial charge on any atom is 0.252 e. The van der Waals surface area contributed by atoms with E-state index >= 15 is 0 Å². The number of nitrogens with one attached hydrogen (secondary N) is 1. The second-order valence-corrected chi connectivity index (χ2v) is 9.57. The van der Waals surface area contributed by atoms with Gasteiger partial charge < -0.3 is 24.6 Å². The zero-order valence-electron chi connectivity index (χ0n) is 22.0. The van der Waals surface area contributed by atoms with Crippen LogP contribution in [0.1, 0.15) is 45.1 Å². The Bertz CT molecular complexity index is 960. The molecule has 36 heavy (non-hydrogen) atoms. The molecule has 1 atom stereocenters. The van der Waals surface area contributed by atoms with Crippen molar-refractivity contribution in [3.05, 3.63) is 54.1 Å². The van der Waals surface area contributed by atoms with Crippen LogP contribution in [0.5, 0.6) is 0 Å². The number of anilines is 1. The van der Waals surface area contributed by atoms with Gasteiger partial charge in [-0.1, -0.05) is 62.6 Å². The summed E-state index contributed by atoms with van der Waals surface area (Å²) in [5, 5.41) is 4.12. The molecule has 0 spiro atoms. The van der Waals surface area contributed by atoms with Gasteiger partial charge in [0.05, 0.1) is 13.2 Å². The van der Waals surface area contributed by atoms with Crippen molar-refractivity contribution < 1.29 is 14.3 Å². The average molecular weight is 512 g/mol. The molecule has 2 aromatic carbocycles. The smallest absolute Gasteiger partial charge is 0.252 e. The predicted molar refractivity (Wildman–Crippen MR) is 152 cm³/mol. The Morgan fingerprint density at radius 1 is 1.08 bits per heavy atom. The summed E-state index contributed by atoms with van der Waals surface area (Å²) in [5.74, 6) is 0.0508. The summed E-state index contributed by atoms with van der Waals surface area (Å²) in [6, 6.07) is 16.8. The van der Waals surface area contributed by atoms with E-state index in [1.807, 2.05) is 23.8 Å². The van der Waals surface area contributed by atoms with Gasteiger partial charge >= 0.3 is 0 Å². The van der Waals surface area contributed by atoms with Crippen LogP contribution in [0.2, 0.25) is 0 Å². The van der Waals surface area contributed by atoms with Crippen LogP contribution in [-0.2, 0) is 20.7 Å². The van der Waals surface area contributed by atoms with Crippen molar-refractivity contribution in [1.29, 1.82) is 0 Å². The fourth-order valence-corrected chi connectivity index (χ4v) is 4.54. The second-order valence-electron chi connectivity index (χ2n) is 9.18. The molecule has 0 saturated carbocycles. The topological polar surface area (TPSA) is 54.0 Å². The molecule has 196 valence electrons. The molecule has 0 aromatic heterocycles. The van der Waals surface area contributed by atoms with E-state index in [4.69, 9.17) is 21.7 Å². The van der Waals surface area contributed by atoms with Gasteiger partial charge in [0.2, 0.25) is 0 Å². The van der Waals surface area contributed by atoms with Crippen LogP contribution in [0.25, 0.3) is 11.1 Å². The van der Waals surface area contributed by atoms with Crippen molar-refractivity contribution in [3.8, 4) is 11.1 Å². The van der Waals surface area contributed by atoms with Gasteiger partial charge in [0, 0.05) is 45.4 Å². The van der Waals surface area contributed by atoms with Gasteiger partial charge in [-0.15, -0.1) is 0 Å². The number of benzene rings is 2. The largest absolute Gasteiger partial charge is 0.378 e. The third kappa shape index (κ3) is 8.29. The Morgan fingerprint density at radius 2 is 1.83 bits per heavy atom. The molecular formula is C29H41N3O3S. The van der Waals surface area contributed by atoms with E-state index in [9.17, 15) is 4.79 Å². The van der Waals surface area contributed by atoms with Gasteiger partial charge in [-0.3, -0.25) is 4.79 Å². The molecule has 2 aromatic rings. The number of thiocarbonyl (C=S) groups is 1. The summed E-state index contributed by atoms with van der Waals surface area (Å²) in [4.78, 5) is 16.9. The third-order valence-electron chi connectivity index (χ3n) is 6.52. The average Bonchev–Trinajstić information content (AvgIpc) is 2.92. The molecule has 6 nitrogen and oxygen atoms in total. The fourth-order valence-electron chi connectivity index (χ4n) is 4.33. The lowest BCUT2D eigenvalue weighted by atomic mass is 10.0. The quantitative estimate of drug-likeness (QED) is 0.318. The number of carbonyl (C=O) groups excluding carboxylic acids is 1. The maximum atomic E-state index is 13.0. The molecule has 1 saturated heterocycles. The fraction of sp³-hybridized carbons (Fsp3) is 0.517. The number of hydrogen-bond acceptors (Lipinski definition) is 4. The third-order valence-corrected chi connectivity index (χ3v) is 6.94. The van der Waals surface area contributed by atoms with E-state index in [1.54, 1.807) is 0 Å². The zero-order chi connectivity index (χ0) is 25.8. The molecule has 0 bridgehead atoms. The molecule has 1 aliphatic heterocycles. The highest BCUT2D eigenvalue weighted by Crippen LogP contribution is 2.25. The molecule has 7 heteroatoms. The van der Waals surface area contributed by atoms with Crippen molar-refractivity contribution in [2.24, 2.45) is 0 Å². The molecule has 3 rings (SSSR count). The molecule has 0 aliphatic carbocycles. The number of nitrogens with zero attached hydrogens (tertiary/aromatic N) is 2. The predicted octanol–water partition coefficient (Wildman–Crippen LogP) is 5.05. The molecule has 1 fully saturated rings. The lowest BCUT2D eigenvalue weighted by Crippen LogP contribution is -2.47. The van der Waals surface area contributed by atoms with E-state index in [1.165, 1.54) is 19.3 Å². The first-order chi connectivity index (χ1) is 17.5. The number of rotatable bonds is 12. The Balaban J connectivity index is 1.61. The summed E-state index contributed by atoms with van der Waals surface area (Å²) in [6.07, 6.45) is 4.96. The normalized spacial score (nSPS) is 14.4. The first-order valence-electron chi connectivity index (χ1n) is 13.2.